The SMILES string of the molecule is CC1=CCC2(C)CC(=O)CC12. The van der Waals surface area contributed by atoms with Crippen LogP contribution in [0.1, 0.15) is 33.1 Å². The van der Waals surface area contributed by atoms with Gasteiger partial charge in [-0.15, -0.1) is 0 Å². The summed E-state index contributed by atoms with van der Waals surface area (Å²) in [5.41, 5.74) is 1.75. The van der Waals surface area contributed by atoms with Crippen molar-refractivity contribution < 1.29 is 4.79 Å². The largest absolute Gasteiger partial charge is 0.300 e. The van der Waals surface area contributed by atoms with Gasteiger partial charge in [0.1, 0.15) is 5.78 Å². The van der Waals surface area contributed by atoms with E-state index in [9.17, 15) is 4.79 Å². The van der Waals surface area contributed by atoms with Crippen molar-refractivity contribution in [3.05, 3.63) is 11.6 Å². The van der Waals surface area contributed by atoms with Gasteiger partial charge < -0.3 is 0 Å². The first kappa shape index (κ1) is 7.08. The van der Waals surface area contributed by atoms with E-state index in [-0.39, 0.29) is 0 Å². The summed E-state index contributed by atoms with van der Waals surface area (Å²) in [6.45, 7) is 4.41. The van der Waals surface area contributed by atoms with Crippen LogP contribution in [0.15, 0.2) is 11.6 Å². The summed E-state index contributed by atoms with van der Waals surface area (Å²) in [5.74, 6) is 1.04. The minimum Gasteiger partial charge on any atom is -0.300 e. The van der Waals surface area contributed by atoms with Crippen molar-refractivity contribution in [3.63, 3.8) is 0 Å². The molecular weight excluding hydrogens is 136 g/mol. The topological polar surface area (TPSA) is 17.1 Å². The van der Waals surface area contributed by atoms with Crippen molar-refractivity contribution in [1.82, 2.24) is 0 Å². The number of ketones is 1. The second kappa shape index (κ2) is 1.96. The van der Waals surface area contributed by atoms with Crippen LogP contribution in [0.2, 0.25) is 0 Å². The standard InChI is InChI=1S/C10H14O/c1-7-3-4-10(2)6-8(11)5-9(7)10/h3,9H,4-6H2,1-2H3. The van der Waals surface area contributed by atoms with E-state index < -0.39 is 0 Å². The molecule has 0 bridgehead atoms. The van der Waals surface area contributed by atoms with E-state index in [1.165, 1.54) is 5.57 Å². The Morgan fingerprint density at radius 2 is 2.36 bits per heavy atom. The Kier molecular flexibility index (Phi) is 1.26. The highest BCUT2D eigenvalue weighted by Gasteiger charge is 2.45. The lowest BCUT2D eigenvalue weighted by Gasteiger charge is -2.23. The van der Waals surface area contributed by atoms with Crippen LogP contribution in [0.4, 0.5) is 0 Å². The molecule has 0 radical (unpaired) electrons. The maximum absolute atomic E-state index is 11.2. The number of carbonyl (C=O) groups excluding carboxylic acids is 1. The summed E-state index contributed by atoms with van der Waals surface area (Å²) < 4.78 is 0. The molecule has 2 rings (SSSR count). The van der Waals surface area contributed by atoms with Crippen LogP contribution in [0.3, 0.4) is 0 Å². The molecule has 1 saturated carbocycles. The van der Waals surface area contributed by atoms with Crippen LogP contribution in [0, 0.1) is 11.3 Å². The number of carbonyl (C=O) groups is 1. The maximum atomic E-state index is 11.2. The molecule has 2 aliphatic rings. The molecule has 0 N–H and O–H groups in total. The summed E-state index contributed by atoms with van der Waals surface area (Å²) in [7, 11) is 0. The number of fused-ring (bicyclic) bond motifs is 1. The molecule has 60 valence electrons. The molecule has 2 unspecified atom stereocenters. The first-order valence-corrected chi connectivity index (χ1v) is 4.30. The molecule has 1 fully saturated rings. The fraction of sp³-hybridized carbons (Fsp3) is 0.700. The summed E-state index contributed by atoms with van der Waals surface area (Å²) in [6, 6.07) is 0. The average Bonchev–Trinajstić information content (AvgIpc) is 2.32. The predicted octanol–water partition coefficient (Wildman–Crippen LogP) is 2.32. The lowest BCUT2D eigenvalue weighted by Crippen LogP contribution is -2.16. The molecule has 0 aromatic heterocycles. The van der Waals surface area contributed by atoms with Crippen LogP contribution in [0.25, 0.3) is 0 Å². The molecule has 0 heterocycles. The fourth-order valence-electron chi connectivity index (χ4n) is 2.58. The molecule has 0 amide bonds. The highest BCUT2D eigenvalue weighted by atomic mass is 16.1. The van der Waals surface area contributed by atoms with Crippen LogP contribution in [-0.4, -0.2) is 5.78 Å². The van der Waals surface area contributed by atoms with Crippen molar-refractivity contribution in [2.45, 2.75) is 33.1 Å². The fourth-order valence-corrected chi connectivity index (χ4v) is 2.58. The van der Waals surface area contributed by atoms with Gasteiger partial charge in [-0.1, -0.05) is 18.6 Å². The molecular formula is C10H14O. The normalized spacial score (nSPS) is 42.5. The number of rotatable bonds is 0. The van der Waals surface area contributed by atoms with E-state index in [4.69, 9.17) is 0 Å². The number of Topliss-reactive ketones (excluding diaryl/α,β-unsaturated/α-hetero) is 1. The van der Waals surface area contributed by atoms with E-state index in [1.54, 1.807) is 0 Å². The van der Waals surface area contributed by atoms with E-state index >= 15 is 0 Å². The van der Waals surface area contributed by atoms with Gasteiger partial charge in [0.2, 0.25) is 0 Å². The third-order valence-electron chi connectivity index (χ3n) is 3.31. The van der Waals surface area contributed by atoms with E-state index in [1.807, 2.05) is 0 Å². The molecule has 2 aliphatic carbocycles. The Bertz CT molecular complexity index is 239. The smallest absolute Gasteiger partial charge is 0.134 e. The van der Waals surface area contributed by atoms with Gasteiger partial charge in [-0.05, 0) is 24.7 Å². The Morgan fingerprint density at radius 3 is 3.00 bits per heavy atom. The second-order valence-corrected chi connectivity index (χ2v) is 4.28. The van der Waals surface area contributed by atoms with Crippen LogP contribution in [-0.2, 0) is 4.79 Å². The van der Waals surface area contributed by atoms with Crippen molar-refractivity contribution in [2.24, 2.45) is 11.3 Å². The molecule has 11 heavy (non-hydrogen) atoms. The zero-order valence-electron chi connectivity index (χ0n) is 7.18. The Morgan fingerprint density at radius 1 is 1.64 bits per heavy atom. The van der Waals surface area contributed by atoms with Gasteiger partial charge in [0.05, 0.1) is 0 Å². The minimum absolute atomic E-state index is 0.307. The molecule has 0 aromatic carbocycles. The van der Waals surface area contributed by atoms with Crippen molar-refractivity contribution in [3.8, 4) is 0 Å². The summed E-state index contributed by atoms with van der Waals surface area (Å²) in [5, 5.41) is 0. The number of allylic oxidation sites excluding steroid dienone is 2. The highest BCUT2D eigenvalue weighted by Crippen LogP contribution is 2.51. The Hall–Kier alpha value is -0.590. The number of hydrogen-bond acceptors (Lipinski definition) is 1. The monoisotopic (exact) mass is 150 g/mol. The zero-order chi connectivity index (χ0) is 8.06. The molecule has 1 nitrogen and oxygen atoms in total. The van der Waals surface area contributed by atoms with E-state index in [2.05, 4.69) is 19.9 Å². The average molecular weight is 150 g/mol. The zero-order valence-corrected chi connectivity index (χ0v) is 7.18. The van der Waals surface area contributed by atoms with Crippen LogP contribution >= 0.6 is 0 Å². The molecule has 1 heteroatoms. The molecule has 0 saturated heterocycles. The molecule has 2 atom stereocenters. The van der Waals surface area contributed by atoms with Crippen molar-refractivity contribution >= 4 is 5.78 Å². The Labute approximate surface area is 67.5 Å². The van der Waals surface area contributed by atoms with Gasteiger partial charge >= 0.3 is 0 Å². The van der Waals surface area contributed by atoms with Gasteiger partial charge in [-0.25, -0.2) is 0 Å². The predicted molar refractivity (Wildman–Crippen MR) is 44.2 cm³/mol. The Balaban J connectivity index is 2.31. The maximum Gasteiger partial charge on any atom is 0.134 e. The second-order valence-electron chi connectivity index (χ2n) is 4.28. The van der Waals surface area contributed by atoms with Crippen LogP contribution in [0.5, 0.6) is 0 Å². The summed E-state index contributed by atoms with van der Waals surface area (Å²) in [6.07, 6.45) is 5.04. The van der Waals surface area contributed by atoms with Gasteiger partial charge in [0.15, 0.2) is 0 Å². The van der Waals surface area contributed by atoms with Gasteiger partial charge in [0, 0.05) is 12.8 Å². The van der Waals surface area contributed by atoms with Crippen molar-refractivity contribution in [2.75, 3.05) is 0 Å². The first-order valence-electron chi connectivity index (χ1n) is 4.30. The lowest BCUT2D eigenvalue weighted by atomic mass is 9.80. The minimum atomic E-state index is 0.307. The third kappa shape index (κ3) is 0.867. The van der Waals surface area contributed by atoms with Gasteiger partial charge in [-0.2, -0.15) is 0 Å². The first-order chi connectivity index (χ1) is 5.12. The lowest BCUT2D eigenvalue weighted by molar-refractivity contribution is -0.118. The third-order valence-corrected chi connectivity index (χ3v) is 3.31. The number of hydrogen-bond donors (Lipinski definition) is 0. The van der Waals surface area contributed by atoms with E-state index in [0.29, 0.717) is 17.1 Å². The van der Waals surface area contributed by atoms with Gasteiger partial charge in [-0.3, -0.25) is 4.79 Å². The summed E-state index contributed by atoms with van der Waals surface area (Å²) in [4.78, 5) is 11.2. The van der Waals surface area contributed by atoms with E-state index in [0.717, 1.165) is 19.3 Å². The van der Waals surface area contributed by atoms with Gasteiger partial charge in [0.25, 0.3) is 0 Å². The quantitative estimate of drug-likeness (QED) is 0.484. The highest BCUT2D eigenvalue weighted by molar-refractivity contribution is 5.83. The van der Waals surface area contributed by atoms with Crippen molar-refractivity contribution in [1.29, 1.82) is 0 Å². The van der Waals surface area contributed by atoms with Crippen LogP contribution < -0.4 is 0 Å². The summed E-state index contributed by atoms with van der Waals surface area (Å²) >= 11 is 0. The molecule has 0 aliphatic heterocycles. The molecule has 0 spiro atoms. The molecule has 0 aromatic rings.